The van der Waals surface area contributed by atoms with Gasteiger partial charge in [0.2, 0.25) is 0 Å². The van der Waals surface area contributed by atoms with Crippen molar-refractivity contribution in [3.63, 3.8) is 0 Å². The summed E-state index contributed by atoms with van der Waals surface area (Å²) in [5, 5.41) is 5.34. The Morgan fingerprint density at radius 1 is 1.12 bits per heavy atom. The number of ether oxygens (including phenoxy) is 1. The van der Waals surface area contributed by atoms with Crippen LogP contribution in [0.4, 0.5) is 11.5 Å². The molecule has 0 atom stereocenters. The third-order valence-electron chi connectivity index (χ3n) is 3.93. The summed E-state index contributed by atoms with van der Waals surface area (Å²) in [5.41, 5.74) is 4.04. The van der Waals surface area contributed by atoms with Gasteiger partial charge in [-0.1, -0.05) is 12.1 Å². The molecule has 5 heteroatoms. The van der Waals surface area contributed by atoms with Crippen LogP contribution in [0.25, 0.3) is 21.6 Å². The second kappa shape index (κ2) is 7.37. The number of hydrogen-bond acceptors (Lipinski definition) is 5. The number of hydrogen-bond donors (Lipinski definition) is 1. The highest BCUT2D eigenvalue weighted by Crippen LogP contribution is 2.36. The third-order valence-corrected chi connectivity index (χ3v) is 4.85. The maximum Gasteiger partial charge on any atom is 0.148 e. The highest BCUT2D eigenvalue weighted by atomic mass is 32.1. The smallest absolute Gasteiger partial charge is 0.148 e. The van der Waals surface area contributed by atoms with Crippen LogP contribution >= 0.6 is 11.3 Å². The number of aromatic nitrogens is 2. The Morgan fingerprint density at radius 3 is 2.85 bits per heavy atom. The molecule has 0 spiro atoms. The van der Waals surface area contributed by atoms with E-state index in [1.54, 1.807) is 37.0 Å². The predicted molar refractivity (Wildman–Crippen MR) is 106 cm³/mol. The van der Waals surface area contributed by atoms with Crippen molar-refractivity contribution < 1.29 is 4.74 Å². The Labute approximate surface area is 156 Å². The summed E-state index contributed by atoms with van der Waals surface area (Å²) in [4.78, 5) is 9.55. The van der Waals surface area contributed by atoms with E-state index in [1.165, 1.54) is 4.88 Å². The first kappa shape index (κ1) is 16.3. The van der Waals surface area contributed by atoms with E-state index < -0.39 is 0 Å². The summed E-state index contributed by atoms with van der Waals surface area (Å²) in [5.74, 6) is 1.52. The Hall–Kier alpha value is -3.18. The quantitative estimate of drug-likeness (QED) is 0.517. The van der Waals surface area contributed by atoms with Crippen molar-refractivity contribution in [1.82, 2.24) is 9.97 Å². The van der Waals surface area contributed by atoms with Crippen molar-refractivity contribution in [3.05, 3.63) is 78.6 Å². The van der Waals surface area contributed by atoms with Gasteiger partial charge in [-0.3, -0.25) is 4.98 Å². The molecule has 0 aliphatic carbocycles. The van der Waals surface area contributed by atoms with Crippen molar-refractivity contribution in [2.75, 3.05) is 12.4 Å². The van der Waals surface area contributed by atoms with E-state index in [9.17, 15) is 0 Å². The molecule has 0 unspecified atom stereocenters. The van der Waals surface area contributed by atoms with Gasteiger partial charge in [-0.25, -0.2) is 4.98 Å². The highest BCUT2D eigenvalue weighted by Gasteiger charge is 2.10. The van der Waals surface area contributed by atoms with E-state index in [2.05, 4.69) is 51.0 Å². The zero-order chi connectivity index (χ0) is 17.8. The average Bonchev–Trinajstić information content (AvgIpc) is 3.23. The van der Waals surface area contributed by atoms with Crippen molar-refractivity contribution >= 4 is 22.8 Å². The topological polar surface area (TPSA) is 47.0 Å². The maximum absolute atomic E-state index is 5.57. The van der Waals surface area contributed by atoms with Crippen LogP contribution in [0.15, 0.2) is 72.5 Å². The first-order valence-corrected chi connectivity index (χ1v) is 8.98. The number of nitrogens with one attached hydrogen (secondary N) is 1. The Morgan fingerprint density at radius 2 is 2.08 bits per heavy atom. The van der Waals surface area contributed by atoms with E-state index in [0.717, 1.165) is 28.1 Å². The predicted octanol–water partition coefficient (Wildman–Crippen LogP) is 5.42. The molecular weight excluding hydrogens is 342 g/mol. The summed E-state index contributed by atoms with van der Waals surface area (Å²) >= 11 is 1.72. The molecule has 1 radical (unpaired) electrons. The fourth-order valence-corrected chi connectivity index (χ4v) is 3.45. The molecule has 0 saturated heterocycles. The molecule has 26 heavy (non-hydrogen) atoms. The molecule has 1 N–H and O–H groups in total. The molecule has 4 rings (SSSR count). The molecule has 4 aromatic rings. The molecule has 0 amide bonds. The fourth-order valence-electron chi connectivity index (χ4n) is 2.73. The minimum Gasteiger partial charge on any atom is -0.496 e. The number of methoxy groups -OCH3 is 1. The van der Waals surface area contributed by atoms with E-state index >= 15 is 0 Å². The summed E-state index contributed by atoms with van der Waals surface area (Å²) in [7, 11) is 1.69. The molecular formula is C21H16N3OS. The van der Waals surface area contributed by atoms with Gasteiger partial charge in [-0.2, -0.15) is 0 Å². The van der Waals surface area contributed by atoms with Crippen LogP contribution in [0, 0.1) is 6.07 Å². The van der Waals surface area contributed by atoms with Gasteiger partial charge in [-0.15, -0.1) is 11.3 Å². The summed E-state index contributed by atoms with van der Waals surface area (Å²) in [6, 6.07) is 19.6. The highest BCUT2D eigenvalue weighted by molar-refractivity contribution is 7.13. The fraction of sp³-hybridized carbons (Fsp3) is 0.0476. The standard InChI is InChI=1S/C21H16N3OS/c1-25-19-8-7-16(20-6-3-11-26-20)13-18(19)15-4-2-5-17(12-15)24-21-14-22-9-10-23-21/h2-3,5-14H,1H3,(H,23,24). The van der Waals surface area contributed by atoms with Gasteiger partial charge in [0.15, 0.2) is 0 Å². The van der Waals surface area contributed by atoms with Gasteiger partial charge >= 0.3 is 0 Å². The van der Waals surface area contributed by atoms with Crippen LogP contribution in [0.1, 0.15) is 0 Å². The molecule has 0 saturated carbocycles. The number of rotatable bonds is 5. The molecule has 4 nitrogen and oxygen atoms in total. The lowest BCUT2D eigenvalue weighted by molar-refractivity contribution is 0.416. The van der Waals surface area contributed by atoms with Crippen LogP contribution in [0.5, 0.6) is 5.75 Å². The largest absolute Gasteiger partial charge is 0.496 e. The first-order chi connectivity index (χ1) is 12.8. The van der Waals surface area contributed by atoms with Crippen molar-refractivity contribution in [2.24, 2.45) is 0 Å². The van der Waals surface area contributed by atoms with Gasteiger partial charge in [-0.05, 0) is 59.0 Å². The van der Waals surface area contributed by atoms with Crippen LogP contribution < -0.4 is 10.1 Å². The second-order valence-corrected chi connectivity index (χ2v) is 6.55. The number of anilines is 2. The van der Waals surface area contributed by atoms with Crippen LogP contribution in [0.2, 0.25) is 0 Å². The molecule has 2 aromatic heterocycles. The van der Waals surface area contributed by atoms with Gasteiger partial charge < -0.3 is 10.1 Å². The van der Waals surface area contributed by atoms with Crippen LogP contribution in [0.3, 0.4) is 0 Å². The lowest BCUT2D eigenvalue weighted by Crippen LogP contribution is -1.94. The Balaban J connectivity index is 1.72. The molecule has 0 aliphatic heterocycles. The molecule has 127 valence electrons. The monoisotopic (exact) mass is 358 g/mol. The van der Waals surface area contributed by atoms with Crippen LogP contribution in [-0.2, 0) is 0 Å². The third kappa shape index (κ3) is 3.43. The number of benzene rings is 2. The number of nitrogens with zero attached hydrogens (tertiary/aromatic N) is 2. The lowest BCUT2D eigenvalue weighted by Gasteiger charge is -2.12. The van der Waals surface area contributed by atoms with Crippen molar-refractivity contribution in [3.8, 4) is 27.3 Å². The molecule has 2 aromatic carbocycles. The van der Waals surface area contributed by atoms with Crippen LogP contribution in [-0.4, -0.2) is 17.1 Å². The van der Waals surface area contributed by atoms with E-state index in [-0.39, 0.29) is 0 Å². The lowest BCUT2D eigenvalue weighted by atomic mass is 10.0. The SMILES string of the molecule is COc1ccc(-c2cccs2)cc1-c1[c]ccc(Nc2cnccn2)c1. The molecule has 0 aliphatic rings. The number of thiophene rings is 1. The van der Waals surface area contributed by atoms with Crippen molar-refractivity contribution in [1.29, 1.82) is 0 Å². The molecule has 0 bridgehead atoms. The summed E-state index contributed by atoms with van der Waals surface area (Å²) in [6.45, 7) is 0. The minimum atomic E-state index is 0.698. The zero-order valence-electron chi connectivity index (χ0n) is 14.1. The van der Waals surface area contributed by atoms with Gasteiger partial charge in [0, 0.05) is 28.5 Å². The Bertz CT molecular complexity index is 1000. The zero-order valence-corrected chi connectivity index (χ0v) is 15.0. The first-order valence-electron chi connectivity index (χ1n) is 8.10. The Kier molecular flexibility index (Phi) is 4.62. The van der Waals surface area contributed by atoms with E-state index in [1.807, 2.05) is 24.3 Å². The minimum absolute atomic E-state index is 0.698. The van der Waals surface area contributed by atoms with Gasteiger partial charge in [0.1, 0.15) is 11.6 Å². The normalized spacial score (nSPS) is 10.5. The van der Waals surface area contributed by atoms with E-state index in [0.29, 0.717) is 5.82 Å². The summed E-state index contributed by atoms with van der Waals surface area (Å²) in [6.07, 6.45) is 5.00. The van der Waals surface area contributed by atoms with Gasteiger partial charge in [0.05, 0.1) is 13.3 Å². The molecule has 2 heterocycles. The average molecular weight is 358 g/mol. The maximum atomic E-state index is 5.57. The second-order valence-electron chi connectivity index (χ2n) is 5.60. The van der Waals surface area contributed by atoms with E-state index in [4.69, 9.17) is 4.74 Å². The van der Waals surface area contributed by atoms with Gasteiger partial charge in [0.25, 0.3) is 0 Å². The summed E-state index contributed by atoms with van der Waals surface area (Å²) < 4.78 is 5.57. The van der Waals surface area contributed by atoms with Crippen molar-refractivity contribution in [2.45, 2.75) is 0 Å². The molecule has 0 fully saturated rings.